The summed E-state index contributed by atoms with van der Waals surface area (Å²) in [5, 5.41) is 0. The van der Waals surface area contributed by atoms with Gasteiger partial charge in [-0.15, -0.1) is 0 Å². The van der Waals surface area contributed by atoms with Crippen molar-refractivity contribution < 1.29 is 9.53 Å². The highest BCUT2D eigenvalue weighted by Gasteiger charge is 2.31. The lowest BCUT2D eigenvalue weighted by Gasteiger charge is -2.38. The molecule has 18 heavy (non-hydrogen) atoms. The summed E-state index contributed by atoms with van der Waals surface area (Å²) in [6.07, 6.45) is 3.28. The van der Waals surface area contributed by atoms with Gasteiger partial charge in [0.25, 0.3) is 0 Å². The van der Waals surface area contributed by atoms with Crippen molar-refractivity contribution in [3.05, 3.63) is 0 Å². The highest BCUT2D eigenvalue weighted by molar-refractivity contribution is 5.68. The van der Waals surface area contributed by atoms with Crippen LogP contribution >= 0.6 is 0 Å². The van der Waals surface area contributed by atoms with Crippen LogP contribution in [0.25, 0.3) is 0 Å². The lowest BCUT2D eigenvalue weighted by atomic mass is 9.93. The molecular formula is C15H31NO2. The maximum Gasteiger partial charge on any atom is 0.410 e. The number of ether oxygens (including phenoxy) is 1. The van der Waals surface area contributed by atoms with E-state index in [0.717, 1.165) is 19.4 Å². The standard InChI is InChI=1S/C13H25NO2.C2H6/c1-10(2)11-8-6-7-9-14(11)12(15)16-13(3,4)5;1-2/h10-11H,6-9H2,1-5H3;1-2H3. The molecule has 0 saturated carbocycles. The number of piperidine rings is 1. The Morgan fingerprint density at radius 2 is 1.78 bits per heavy atom. The molecule has 1 amide bonds. The molecule has 3 heteroatoms. The zero-order chi connectivity index (χ0) is 14.3. The van der Waals surface area contributed by atoms with E-state index in [-0.39, 0.29) is 6.09 Å². The van der Waals surface area contributed by atoms with Crippen LogP contribution in [0.2, 0.25) is 0 Å². The fraction of sp³-hybridized carbons (Fsp3) is 0.933. The van der Waals surface area contributed by atoms with Gasteiger partial charge in [0.1, 0.15) is 5.60 Å². The first-order valence-corrected chi connectivity index (χ1v) is 7.31. The van der Waals surface area contributed by atoms with Gasteiger partial charge in [-0.25, -0.2) is 4.79 Å². The molecule has 1 aliphatic heterocycles. The second kappa shape index (κ2) is 7.65. The summed E-state index contributed by atoms with van der Waals surface area (Å²) < 4.78 is 5.44. The first-order valence-electron chi connectivity index (χ1n) is 7.31. The van der Waals surface area contributed by atoms with Gasteiger partial charge in [-0.05, 0) is 46.0 Å². The van der Waals surface area contributed by atoms with Crippen LogP contribution in [0.3, 0.4) is 0 Å². The molecule has 1 atom stereocenters. The highest BCUT2D eigenvalue weighted by Crippen LogP contribution is 2.24. The van der Waals surface area contributed by atoms with Crippen LogP contribution in [0.5, 0.6) is 0 Å². The van der Waals surface area contributed by atoms with Crippen LogP contribution < -0.4 is 0 Å². The minimum Gasteiger partial charge on any atom is -0.444 e. The summed E-state index contributed by atoms with van der Waals surface area (Å²) in [6.45, 7) is 14.9. The number of hydrogen-bond donors (Lipinski definition) is 0. The molecule has 0 aromatic rings. The summed E-state index contributed by atoms with van der Waals surface area (Å²) >= 11 is 0. The Balaban J connectivity index is 0.00000137. The van der Waals surface area contributed by atoms with Crippen molar-refractivity contribution in [2.45, 2.75) is 79.4 Å². The van der Waals surface area contributed by atoms with Crippen LogP contribution in [0.1, 0.15) is 67.7 Å². The molecule has 108 valence electrons. The number of rotatable bonds is 1. The van der Waals surface area contributed by atoms with Gasteiger partial charge < -0.3 is 9.64 Å². The van der Waals surface area contributed by atoms with E-state index in [0.29, 0.717) is 12.0 Å². The molecule has 0 spiro atoms. The summed E-state index contributed by atoms with van der Waals surface area (Å²) in [5.74, 6) is 0.507. The maximum absolute atomic E-state index is 12.0. The number of hydrogen-bond acceptors (Lipinski definition) is 2. The van der Waals surface area contributed by atoms with Crippen LogP contribution in [0.4, 0.5) is 4.79 Å². The van der Waals surface area contributed by atoms with E-state index in [1.165, 1.54) is 6.42 Å². The van der Waals surface area contributed by atoms with Crippen LogP contribution in [0.15, 0.2) is 0 Å². The average Bonchev–Trinajstić information content (AvgIpc) is 2.29. The van der Waals surface area contributed by atoms with Crippen molar-refractivity contribution >= 4 is 6.09 Å². The Morgan fingerprint density at radius 1 is 1.22 bits per heavy atom. The predicted molar refractivity (Wildman–Crippen MR) is 76.8 cm³/mol. The molecule has 1 unspecified atom stereocenters. The minimum absolute atomic E-state index is 0.147. The van der Waals surface area contributed by atoms with Crippen molar-refractivity contribution in [3.63, 3.8) is 0 Å². The van der Waals surface area contributed by atoms with E-state index in [2.05, 4.69) is 13.8 Å². The van der Waals surface area contributed by atoms with Crippen molar-refractivity contribution in [3.8, 4) is 0 Å². The van der Waals surface area contributed by atoms with Gasteiger partial charge in [-0.1, -0.05) is 27.7 Å². The lowest BCUT2D eigenvalue weighted by Crippen LogP contribution is -2.48. The van der Waals surface area contributed by atoms with Crippen LogP contribution in [0, 0.1) is 5.92 Å². The highest BCUT2D eigenvalue weighted by atomic mass is 16.6. The normalized spacial score (nSPS) is 20.2. The molecular weight excluding hydrogens is 226 g/mol. The van der Waals surface area contributed by atoms with Crippen LogP contribution in [-0.4, -0.2) is 29.2 Å². The van der Waals surface area contributed by atoms with Gasteiger partial charge in [-0.2, -0.15) is 0 Å². The first kappa shape index (κ1) is 17.3. The average molecular weight is 257 g/mol. The largest absolute Gasteiger partial charge is 0.444 e. The van der Waals surface area contributed by atoms with Crippen molar-refractivity contribution in [2.24, 2.45) is 5.92 Å². The summed E-state index contributed by atoms with van der Waals surface area (Å²) in [7, 11) is 0. The SMILES string of the molecule is CC.CC(C)C1CCCCN1C(=O)OC(C)(C)C. The molecule has 0 N–H and O–H groups in total. The smallest absolute Gasteiger partial charge is 0.410 e. The topological polar surface area (TPSA) is 29.5 Å². The van der Waals surface area contributed by atoms with Crippen molar-refractivity contribution in [1.82, 2.24) is 4.90 Å². The molecule has 0 aromatic carbocycles. The second-order valence-electron chi connectivity index (χ2n) is 5.98. The Hall–Kier alpha value is -0.730. The molecule has 0 aliphatic carbocycles. The molecule has 1 rings (SSSR count). The Kier molecular flexibility index (Phi) is 7.34. The quantitative estimate of drug-likeness (QED) is 0.694. The third-order valence-corrected chi connectivity index (χ3v) is 2.95. The van der Waals surface area contributed by atoms with E-state index in [4.69, 9.17) is 4.74 Å². The molecule has 1 saturated heterocycles. The zero-order valence-corrected chi connectivity index (χ0v) is 13.2. The predicted octanol–water partition coefficient (Wildman–Crippen LogP) is 4.46. The van der Waals surface area contributed by atoms with E-state index >= 15 is 0 Å². The van der Waals surface area contributed by atoms with Crippen LogP contribution in [-0.2, 0) is 4.74 Å². The Labute approximate surface area is 113 Å². The monoisotopic (exact) mass is 257 g/mol. The van der Waals surface area contributed by atoms with Gasteiger partial charge in [0, 0.05) is 12.6 Å². The Bertz CT molecular complexity index is 243. The molecule has 1 fully saturated rings. The van der Waals surface area contributed by atoms with Crippen molar-refractivity contribution in [1.29, 1.82) is 0 Å². The lowest BCUT2D eigenvalue weighted by molar-refractivity contribution is 0.00378. The van der Waals surface area contributed by atoms with Gasteiger partial charge in [0.05, 0.1) is 0 Å². The van der Waals surface area contributed by atoms with E-state index in [1.807, 2.05) is 39.5 Å². The molecule has 3 nitrogen and oxygen atoms in total. The third kappa shape index (κ3) is 5.74. The summed E-state index contributed by atoms with van der Waals surface area (Å²) in [4.78, 5) is 13.9. The molecule has 0 radical (unpaired) electrons. The molecule has 0 bridgehead atoms. The number of likely N-dealkylation sites (tertiary alicyclic amines) is 1. The minimum atomic E-state index is -0.393. The van der Waals surface area contributed by atoms with Gasteiger partial charge in [-0.3, -0.25) is 0 Å². The van der Waals surface area contributed by atoms with E-state index < -0.39 is 5.60 Å². The van der Waals surface area contributed by atoms with Gasteiger partial charge in [0.15, 0.2) is 0 Å². The number of carbonyl (C=O) groups excluding carboxylic acids is 1. The summed E-state index contributed by atoms with van der Waals surface area (Å²) in [6, 6.07) is 0.351. The van der Waals surface area contributed by atoms with Gasteiger partial charge in [0.2, 0.25) is 0 Å². The number of amides is 1. The maximum atomic E-state index is 12.0. The zero-order valence-electron chi connectivity index (χ0n) is 13.2. The third-order valence-electron chi connectivity index (χ3n) is 2.95. The van der Waals surface area contributed by atoms with E-state index in [9.17, 15) is 4.79 Å². The molecule has 1 aliphatic rings. The fourth-order valence-corrected chi connectivity index (χ4v) is 2.20. The second-order valence-corrected chi connectivity index (χ2v) is 5.98. The van der Waals surface area contributed by atoms with Crippen molar-refractivity contribution in [2.75, 3.05) is 6.54 Å². The molecule has 1 heterocycles. The fourth-order valence-electron chi connectivity index (χ4n) is 2.20. The van der Waals surface area contributed by atoms with E-state index in [1.54, 1.807) is 0 Å². The Morgan fingerprint density at radius 3 is 2.22 bits per heavy atom. The number of carbonyl (C=O) groups is 1. The summed E-state index contributed by atoms with van der Waals surface area (Å²) in [5.41, 5.74) is -0.393. The van der Waals surface area contributed by atoms with Gasteiger partial charge >= 0.3 is 6.09 Å². The molecule has 0 aromatic heterocycles. The number of nitrogens with zero attached hydrogens (tertiary/aromatic N) is 1. The first-order chi connectivity index (χ1) is 8.31.